The monoisotopic (exact) mass is 158 g/mol. The molecule has 0 aromatic rings. The van der Waals surface area contributed by atoms with Gasteiger partial charge in [-0.1, -0.05) is 33.3 Å². The Hall–Kier alpha value is -0.330. The largest absolute Gasteiger partial charge is 0.243 e. The highest BCUT2D eigenvalue weighted by Gasteiger charge is 2.11. The Bertz CT molecular complexity index is 118. The topological polar surface area (TPSA) is 0 Å². The van der Waals surface area contributed by atoms with Gasteiger partial charge in [-0.25, -0.2) is 4.39 Å². The van der Waals surface area contributed by atoms with Crippen LogP contribution < -0.4 is 0 Å². The van der Waals surface area contributed by atoms with E-state index in [-0.39, 0.29) is 0 Å². The summed E-state index contributed by atoms with van der Waals surface area (Å²) in [5.41, 5.74) is 0.660. The molecule has 0 saturated heterocycles. The number of rotatable bonds is 5. The van der Waals surface area contributed by atoms with Crippen molar-refractivity contribution < 1.29 is 4.39 Å². The predicted molar refractivity (Wildman–Crippen MR) is 48.4 cm³/mol. The molecule has 0 N–H and O–H groups in total. The van der Waals surface area contributed by atoms with Crippen molar-refractivity contribution in [3.63, 3.8) is 0 Å². The van der Waals surface area contributed by atoms with Crippen molar-refractivity contribution in [2.45, 2.75) is 46.2 Å². The molecule has 0 aliphatic carbocycles. The van der Waals surface area contributed by atoms with Crippen LogP contribution in [0.25, 0.3) is 0 Å². The molecule has 2 atom stereocenters. The molecule has 0 aliphatic rings. The first kappa shape index (κ1) is 10.7. The summed E-state index contributed by atoms with van der Waals surface area (Å²) in [5.74, 6) is 0.492. The summed E-state index contributed by atoms with van der Waals surface area (Å²) in [6.45, 7) is 9.57. The van der Waals surface area contributed by atoms with E-state index in [0.29, 0.717) is 17.9 Å². The molecule has 0 radical (unpaired) electrons. The number of halogens is 1. The summed E-state index contributed by atoms with van der Waals surface area (Å²) >= 11 is 0. The molecule has 0 aromatic heterocycles. The first-order valence-electron chi connectivity index (χ1n) is 4.37. The van der Waals surface area contributed by atoms with E-state index in [1.54, 1.807) is 6.92 Å². The van der Waals surface area contributed by atoms with Gasteiger partial charge < -0.3 is 0 Å². The second kappa shape index (κ2) is 5.34. The van der Waals surface area contributed by atoms with Crippen molar-refractivity contribution >= 4 is 0 Å². The lowest BCUT2D eigenvalue weighted by Gasteiger charge is -2.13. The van der Waals surface area contributed by atoms with Crippen LogP contribution in [0.4, 0.5) is 4.39 Å². The maximum absolute atomic E-state index is 13.0. The number of hydrogen-bond donors (Lipinski definition) is 0. The zero-order valence-electron chi connectivity index (χ0n) is 7.86. The second-order valence-electron chi connectivity index (χ2n) is 3.44. The quantitative estimate of drug-likeness (QED) is 0.535. The van der Waals surface area contributed by atoms with Crippen LogP contribution in [-0.2, 0) is 0 Å². The first-order chi connectivity index (χ1) is 5.07. The summed E-state index contributed by atoms with van der Waals surface area (Å²) in [6, 6.07) is 0. The van der Waals surface area contributed by atoms with Crippen LogP contribution in [0.15, 0.2) is 12.2 Å². The van der Waals surface area contributed by atoms with Crippen LogP contribution in [0, 0.1) is 5.92 Å². The molecule has 0 fully saturated rings. The molecular weight excluding hydrogens is 139 g/mol. The Morgan fingerprint density at radius 1 is 1.55 bits per heavy atom. The molecule has 11 heavy (non-hydrogen) atoms. The highest BCUT2D eigenvalue weighted by Crippen LogP contribution is 2.18. The summed E-state index contributed by atoms with van der Waals surface area (Å²) in [6.07, 6.45) is 2.11. The smallest absolute Gasteiger partial charge is 0.121 e. The van der Waals surface area contributed by atoms with Crippen LogP contribution in [0.1, 0.15) is 40.0 Å². The van der Waals surface area contributed by atoms with Gasteiger partial charge >= 0.3 is 0 Å². The fourth-order valence-electron chi connectivity index (χ4n) is 1.17. The van der Waals surface area contributed by atoms with E-state index < -0.39 is 6.17 Å². The molecule has 2 unspecified atom stereocenters. The highest BCUT2D eigenvalue weighted by molar-refractivity contribution is 4.97. The minimum absolute atomic E-state index is 0.492. The predicted octanol–water partition coefficient (Wildman–Crippen LogP) is 3.73. The molecule has 0 heterocycles. The molecule has 0 aliphatic heterocycles. The maximum Gasteiger partial charge on any atom is 0.121 e. The van der Waals surface area contributed by atoms with Crippen molar-refractivity contribution in [1.29, 1.82) is 0 Å². The molecule has 0 aromatic carbocycles. The third-order valence-electron chi connectivity index (χ3n) is 1.93. The fourth-order valence-corrected chi connectivity index (χ4v) is 1.17. The van der Waals surface area contributed by atoms with Gasteiger partial charge in [0.2, 0.25) is 0 Å². The van der Waals surface area contributed by atoms with Gasteiger partial charge in [0.05, 0.1) is 0 Å². The summed E-state index contributed by atoms with van der Waals surface area (Å²) in [4.78, 5) is 0. The van der Waals surface area contributed by atoms with E-state index in [1.165, 1.54) is 0 Å². The van der Waals surface area contributed by atoms with Crippen LogP contribution in [0.3, 0.4) is 0 Å². The molecule has 0 spiro atoms. The molecule has 0 amide bonds. The van der Waals surface area contributed by atoms with Gasteiger partial charge in [0, 0.05) is 0 Å². The lowest BCUT2D eigenvalue weighted by atomic mass is 9.97. The van der Waals surface area contributed by atoms with Gasteiger partial charge in [-0.05, 0) is 24.8 Å². The second-order valence-corrected chi connectivity index (χ2v) is 3.44. The molecule has 0 rings (SSSR count). The Labute approximate surface area is 69.5 Å². The van der Waals surface area contributed by atoms with E-state index in [2.05, 4.69) is 20.4 Å². The van der Waals surface area contributed by atoms with Gasteiger partial charge in [0.15, 0.2) is 0 Å². The fraction of sp³-hybridized carbons (Fsp3) is 0.800. The SMILES string of the molecule is C=C(C)C(F)CC(C)CCC. The zero-order chi connectivity index (χ0) is 8.85. The Balaban J connectivity index is 3.56. The van der Waals surface area contributed by atoms with Crippen molar-refractivity contribution in [3.8, 4) is 0 Å². The van der Waals surface area contributed by atoms with Gasteiger partial charge in [-0.3, -0.25) is 0 Å². The summed E-state index contributed by atoms with van der Waals surface area (Å²) < 4.78 is 13.0. The molecule has 66 valence electrons. The van der Waals surface area contributed by atoms with Gasteiger partial charge in [-0.2, -0.15) is 0 Å². The van der Waals surface area contributed by atoms with Crippen LogP contribution >= 0.6 is 0 Å². The number of hydrogen-bond acceptors (Lipinski definition) is 0. The number of alkyl halides is 1. The van der Waals surface area contributed by atoms with Crippen LogP contribution in [0.5, 0.6) is 0 Å². The normalized spacial score (nSPS) is 16.0. The van der Waals surface area contributed by atoms with Crippen molar-refractivity contribution in [2.75, 3.05) is 0 Å². The summed E-state index contributed by atoms with van der Waals surface area (Å²) in [7, 11) is 0. The minimum atomic E-state index is -0.795. The van der Waals surface area contributed by atoms with Crippen LogP contribution in [0.2, 0.25) is 0 Å². The maximum atomic E-state index is 13.0. The molecule has 0 saturated carbocycles. The third kappa shape index (κ3) is 5.00. The number of allylic oxidation sites excluding steroid dienone is 1. The van der Waals surface area contributed by atoms with Gasteiger partial charge in [-0.15, -0.1) is 0 Å². The standard InChI is InChI=1S/C10H19F/c1-5-6-9(4)7-10(11)8(2)3/h9-10H,2,5-7H2,1,3-4H3. The van der Waals surface area contributed by atoms with E-state index in [9.17, 15) is 4.39 Å². The first-order valence-corrected chi connectivity index (χ1v) is 4.37. The van der Waals surface area contributed by atoms with Gasteiger partial charge in [0.25, 0.3) is 0 Å². The average molecular weight is 158 g/mol. The van der Waals surface area contributed by atoms with E-state index in [0.717, 1.165) is 12.8 Å². The van der Waals surface area contributed by atoms with E-state index in [1.807, 2.05) is 0 Å². The Morgan fingerprint density at radius 2 is 2.09 bits per heavy atom. The third-order valence-corrected chi connectivity index (χ3v) is 1.93. The molecular formula is C10H19F. The molecule has 1 heteroatoms. The minimum Gasteiger partial charge on any atom is -0.243 e. The van der Waals surface area contributed by atoms with Crippen molar-refractivity contribution in [1.82, 2.24) is 0 Å². The summed E-state index contributed by atoms with van der Waals surface area (Å²) in [5, 5.41) is 0. The van der Waals surface area contributed by atoms with Crippen LogP contribution in [-0.4, -0.2) is 6.17 Å². The Kier molecular flexibility index (Phi) is 5.18. The lowest BCUT2D eigenvalue weighted by molar-refractivity contribution is 0.305. The molecule has 0 bridgehead atoms. The van der Waals surface area contributed by atoms with E-state index in [4.69, 9.17) is 0 Å². The van der Waals surface area contributed by atoms with Gasteiger partial charge in [0.1, 0.15) is 6.17 Å². The zero-order valence-corrected chi connectivity index (χ0v) is 7.86. The average Bonchev–Trinajstić information content (AvgIpc) is 1.87. The Morgan fingerprint density at radius 3 is 2.45 bits per heavy atom. The lowest BCUT2D eigenvalue weighted by Crippen LogP contribution is -2.07. The highest BCUT2D eigenvalue weighted by atomic mass is 19.1. The van der Waals surface area contributed by atoms with E-state index >= 15 is 0 Å². The van der Waals surface area contributed by atoms with Crippen molar-refractivity contribution in [2.24, 2.45) is 5.92 Å². The van der Waals surface area contributed by atoms with Crippen molar-refractivity contribution in [3.05, 3.63) is 12.2 Å². The molecule has 0 nitrogen and oxygen atoms in total.